The fourth-order valence-electron chi connectivity index (χ4n) is 0.890. The Morgan fingerprint density at radius 3 is 3.00 bits per heavy atom. The Hall–Kier alpha value is -0.373. The molecule has 1 rings (SSSR count). The summed E-state index contributed by atoms with van der Waals surface area (Å²) in [5, 5.41) is 0. The van der Waals surface area contributed by atoms with E-state index in [1.165, 1.54) is 18.9 Å². The lowest BCUT2D eigenvalue weighted by molar-refractivity contribution is 0.843. The van der Waals surface area contributed by atoms with Crippen molar-refractivity contribution in [3.63, 3.8) is 0 Å². The van der Waals surface area contributed by atoms with Gasteiger partial charge in [0, 0.05) is 0 Å². The van der Waals surface area contributed by atoms with E-state index in [2.05, 4.69) is 29.5 Å². The molecule has 1 heterocycles. The molecule has 0 amide bonds. The molecule has 0 saturated carbocycles. The summed E-state index contributed by atoms with van der Waals surface area (Å²) in [6.45, 7) is 2.24. The molecular formula is C7H13NSi. The van der Waals surface area contributed by atoms with Crippen LogP contribution in [0.4, 0.5) is 0 Å². The summed E-state index contributed by atoms with van der Waals surface area (Å²) in [6, 6.07) is 3.51. The average Bonchev–Trinajstić information content (AvgIpc) is 2.34. The molecular weight excluding hydrogens is 126 g/mol. The highest BCUT2D eigenvalue weighted by molar-refractivity contribution is 6.44. The largest absolute Gasteiger partial charge is 0.398 e. The predicted molar refractivity (Wildman–Crippen MR) is 41.6 cm³/mol. The zero-order valence-electron chi connectivity index (χ0n) is 5.85. The molecule has 0 bridgehead atoms. The van der Waals surface area contributed by atoms with E-state index in [1.807, 2.05) is 0 Å². The van der Waals surface area contributed by atoms with Gasteiger partial charge in [-0.25, -0.2) is 0 Å². The van der Waals surface area contributed by atoms with E-state index >= 15 is 0 Å². The van der Waals surface area contributed by atoms with Crippen LogP contribution in [0, 0.1) is 0 Å². The van der Waals surface area contributed by atoms with E-state index < -0.39 is 0 Å². The van der Waals surface area contributed by atoms with Crippen molar-refractivity contribution in [3.05, 3.63) is 17.9 Å². The maximum atomic E-state index is 3.36. The average molecular weight is 139 g/mol. The molecule has 0 aromatic carbocycles. The fourth-order valence-corrected chi connectivity index (χ4v) is 2.67. The quantitative estimate of drug-likeness (QED) is 0.615. The molecule has 2 heteroatoms. The van der Waals surface area contributed by atoms with Gasteiger partial charge in [-0.1, -0.05) is 25.4 Å². The smallest absolute Gasteiger partial charge is 0.126 e. The third-order valence-corrected chi connectivity index (χ3v) is 3.49. The third-order valence-electron chi connectivity index (χ3n) is 1.46. The first kappa shape index (κ1) is 6.74. The van der Waals surface area contributed by atoms with E-state index in [1.54, 1.807) is 0 Å². The summed E-state index contributed by atoms with van der Waals surface area (Å²) in [6.07, 6.45) is 4.76. The molecule has 50 valence electrons. The number of unbranched alkanes of at least 4 members (excludes halogenated alkanes) is 1. The van der Waals surface area contributed by atoms with Crippen molar-refractivity contribution < 1.29 is 0 Å². The number of aromatic nitrogens is 1. The first-order chi connectivity index (χ1) is 4.43. The standard InChI is InChI=1S/C7H13NSi/c1-2-3-6-9-7-4-5-8-9/h4-5,7-8H,2-3,6H2,1H3. The molecule has 0 atom stereocenters. The maximum absolute atomic E-state index is 3.36. The predicted octanol–water partition coefficient (Wildman–Crippen LogP) is 1.84. The van der Waals surface area contributed by atoms with Crippen molar-refractivity contribution in [2.45, 2.75) is 25.8 Å². The second-order valence-electron chi connectivity index (χ2n) is 2.30. The van der Waals surface area contributed by atoms with E-state index in [9.17, 15) is 0 Å². The van der Waals surface area contributed by atoms with Crippen LogP contribution in [0.5, 0.6) is 0 Å². The van der Waals surface area contributed by atoms with Gasteiger partial charge in [0.2, 0.25) is 0 Å². The lowest BCUT2D eigenvalue weighted by Crippen LogP contribution is -1.98. The number of nitrogens with one attached hydrogen (secondary N) is 1. The van der Waals surface area contributed by atoms with Crippen molar-refractivity contribution in [2.24, 2.45) is 0 Å². The van der Waals surface area contributed by atoms with Gasteiger partial charge in [-0.2, -0.15) is 0 Å². The number of H-pyrrole nitrogens is 1. The Labute approximate surface area is 57.7 Å². The summed E-state index contributed by atoms with van der Waals surface area (Å²) in [7, 11) is -0.261. The molecule has 0 saturated heterocycles. The van der Waals surface area contributed by atoms with Crippen LogP contribution >= 0.6 is 0 Å². The molecule has 0 aliphatic heterocycles. The van der Waals surface area contributed by atoms with Gasteiger partial charge in [0.1, 0.15) is 8.57 Å². The number of aromatic amines is 1. The van der Waals surface area contributed by atoms with Gasteiger partial charge in [0.25, 0.3) is 0 Å². The minimum Gasteiger partial charge on any atom is -0.398 e. The molecule has 0 unspecified atom stereocenters. The Kier molecular flexibility index (Phi) is 2.71. The monoisotopic (exact) mass is 139 g/mol. The SMILES string of the molecule is CCCC[si]1ccc[nH]1. The molecule has 0 aliphatic carbocycles. The van der Waals surface area contributed by atoms with Crippen LogP contribution in [0.25, 0.3) is 0 Å². The molecule has 1 aromatic rings. The van der Waals surface area contributed by atoms with E-state index in [0.29, 0.717) is 0 Å². The third kappa shape index (κ3) is 2.14. The normalized spacial score (nSPS) is 9.89. The minimum absolute atomic E-state index is 0.261. The summed E-state index contributed by atoms with van der Waals surface area (Å²) < 4.78 is 3.36. The topological polar surface area (TPSA) is 15.8 Å². The van der Waals surface area contributed by atoms with Crippen LogP contribution in [-0.4, -0.2) is 13.2 Å². The van der Waals surface area contributed by atoms with Crippen molar-refractivity contribution in [2.75, 3.05) is 0 Å². The van der Waals surface area contributed by atoms with Crippen LogP contribution < -0.4 is 0 Å². The van der Waals surface area contributed by atoms with E-state index in [-0.39, 0.29) is 8.57 Å². The van der Waals surface area contributed by atoms with Crippen LogP contribution in [0.3, 0.4) is 0 Å². The highest BCUT2D eigenvalue weighted by atomic mass is 28.2. The van der Waals surface area contributed by atoms with Crippen LogP contribution in [0.1, 0.15) is 19.8 Å². The van der Waals surface area contributed by atoms with Gasteiger partial charge in [-0.05, 0) is 18.3 Å². The van der Waals surface area contributed by atoms with Crippen molar-refractivity contribution in [1.29, 1.82) is 0 Å². The number of hydrogen-bond acceptors (Lipinski definition) is 0. The Morgan fingerprint density at radius 1 is 1.56 bits per heavy atom. The lowest BCUT2D eigenvalue weighted by atomic mass is 10.4. The second-order valence-corrected chi connectivity index (χ2v) is 4.47. The molecule has 1 nitrogen and oxygen atoms in total. The van der Waals surface area contributed by atoms with Crippen molar-refractivity contribution in [3.8, 4) is 0 Å². The summed E-state index contributed by atoms with van der Waals surface area (Å²) in [4.78, 5) is 0. The molecule has 0 aliphatic rings. The number of hydrogen-bond donors (Lipinski definition) is 1. The van der Waals surface area contributed by atoms with E-state index in [4.69, 9.17) is 0 Å². The van der Waals surface area contributed by atoms with Gasteiger partial charge < -0.3 is 4.64 Å². The molecule has 0 fully saturated rings. The van der Waals surface area contributed by atoms with Gasteiger partial charge in [-0.15, -0.1) is 0 Å². The summed E-state index contributed by atoms with van der Waals surface area (Å²) in [5.74, 6) is 0. The van der Waals surface area contributed by atoms with Crippen molar-refractivity contribution in [1.82, 2.24) is 4.64 Å². The van der Waals surface area contributed by atoms with Gasteiger partial charge in [0.15, 0.2) is 0 Å². The molecule has 1 aromatic heterocycles. The van der Waals surface area contributed by atoms with Crippen LogP contribution in [0.2, 0.25) is 0 Å². The molecule has 0 radical (unpaired) electrons. The van der Waals surface area contributed by atoms with Crippen LogP contribution in [-0.2, 0) is 6.04 Å². The second kappa shape index (κ2) is 3.61. The number of rotatable bonds is 3. The summed E-state index contributed by atoms with van der Waals surface area (Å²) >= 11 is 0. The Morgan fingerprint density at radius 2 is 2.44 bits per heavy atom. The molecule has 9 heavy (non-hydrogen) atoms. The highest BCUT2D eigenvalue weighted by Gasteiger charge is 1.90. The van der Waals surface area contributed by atoms with Gasteiger partial charge in [0.05, 0.1) is 0 Å². The maximum Gasteiger partial charge on any atom is 0.126 e. The van der Waals surface area contributed by atoms with Crippen molar-refractivity contribution >= 4 is 8.57 Å². The number of aryl methyl sites for hydroxylation is 1. The lowest BCUT2D eigenvalue weighted by Gasteiger charge is -1.90. The van der Waals surface area contributed by atoms with Gasteiger partial charge in [-0.3, -0.25) is 0 Å². The zero-order valence-corrected chi connectivity index (χ0v) is 6.85. The minimum atomic E-state index is -0.261. The Balaban J connectivity index is 2.30. The highest BCUT2D eigenvalue weighted by Crippen LogP contribution is 1.90. The fraction of sp³-hybridized carbons (Fsp3) is 0.571. The van der Waals surface area contributed by atoms with E-state index in [0.717, 1.165) is 0 Å². The summed E-state index contributed by atoms with van der Waals surface area (Å²) in [5.41, 5.74) is 2.32. The first-order valence-electron chi connectivity index (χ1n) is 3.55. The van der Waals surface area contributed by atoms with Gasteiger partial charge >= 0.3 is 0 Å². The molecule has 1 N–H and O–H groups in total. The zero-order chi connectivity index (χ0) is 6.53. The Bertz CT molecular complexity index is 146. The first-order valence-corrected chi connectivity index (χ1v) is 5.34. The van der Waals surface area contributed by atoms with Crippen LogP contribution in [0.15, 0.2) is 17.9 Å². The molecule has 0 spiro atoms.